The molecule has 0 amide bonds. The molecule has 0 fully saturated rings. The first kappa shape index (κ1) is 17.9. The molecule has 3 nitrogen and oxygen atoms in total. The van der Waals surface area contributed by atoms with Gasteiger partial charge in [0.15, 0.2) is 5.78 Å². The van der Waals surface area contributed by atoms with Crippen LogP contribution in [0.15, 0.2) is 53.0 Å². The van der Waals surface area contributed by atoms with Gasteiger partial charge in [-0.2, -0.15) is 0 Å². The molecule has 0 saturated carbocycles. The molecule has 1 atom stereocenters. The van der Waals surface area contributed by atoms with Gasteiger partial charge in [0.25, 0.3) is 0 Å². The molecule has 0 N–H and O–H groups in total. The van der Waals surface area contributed by atoms with E-state index in [0.717, 1.165) is 33.8 Å². The molecule has 0 bridgehead atoms. The molecular formula is C21H26N2O. The van der Waals surface area contributed by atoms with Gasteiger partial charge in [0.1, 0.15) is 0 Å². The Morgan fingerprint density at radius 1 is 1.17 bits per heavy atom. The predicted octanol–water partition coefficient (Wildman–Crippen LogP) is 4.38. The van der Waals surface area contributed by atoms with E-state index in [0.29, 0.717) is 0 Å². The zero-order valence-corrected chi connectivity index (χ0v) is 15.4. The van der Waals surface area contributed by atoms with Crippen LogP contribution in [0.25, 0.3) is 0 Å². The number of hydrogen-bond donors (Lipinski definition) is 0. The average molecular weight is 322 g/mol. The summed E-state index contributed by atoms with van der Waals surface area (Å²) >= 11 is 0. The predicted molar refractivity (Wildman–Crippen MR) is 101 cm³/mol. The van der Waals surface area contributed by atoms with Crippen LogP contribution in [-0.2, 0) is 11.8 Å². The minimum atomic E-state index is -0.300. The summed E-state index contributed by atoms with van der Waals surface area (Å²) in [6, 6.07) is 12.1. The van der Waals surface area contributed by atoms with Gasteiger partial charge in [-0.15, -0.1) is 0 Å². The number of allylic oxidation sites excluding steroid dienone is 2. The molecule has 2 aromatic rings. The Labute approximate surface area is 144 Å². The molecule has 0 radical (unpaired) electrons. The lowest BCUT2D eigenvalue weighted by molar-refractivity contribution is -0.116. The lowest BCUT2D eigenvalue weighted by Crippen LogP contribution is -2.19. The van der Waals surface area contributed by atoms with E-state index in [4.69, 9.17) is 0 Å². The first-order chi connectivity index (χ1) is 11.4. The normalized spacial score (nSPS) is 13.9. The molecule has 24 heavy (non-hydrogen) atoms. The van der Waals surface area contributed by atoms with Crippen molar-refractivity contribution in [3.63, 3.8) is 0 Å². The Kier molecular flexibility index (Phi) is 5.55. The van der Waals surface area contributed by atoms with Gasteiger partial charge in [0.2, 0.25) is 0 Å². The summed E-state index contributed by atoms with van der Waals surface area (Å²) in [6.07, 6.45) is 1.86. The van der Waals surface area contributed by atoms with Crippen molar-refractivity contribution in [2.24, 2.45) is 12.0 Å². The van der Waals surface area contributed by atoms with Crippen molar-refractivity contribution in [3.05, 3.63) is 70.6 Å². The standard InChI is InChI=1S/C21H26N2O/c1-14-13-17(4)23(6)20(14)19(18-10-8-7-9-11-18)21(24)15(2)12-16(3)22-5/h7-13,19H,1-6H3/b15-12-,22-16?. The second-order valence-electron chi connectivity index (χ2n) is 6.31. The van der Waals surface area contributed by atoms with Crippen molar-refractivity contribution < 1.29 is 4.79 Å². The molecule has 1 heterocycles. The number of Topliss-reactive ketones (excluding diaryl/α,β-unsaturated/α-hetero) is 1. The van der Waals surface area contributed by atoms with E-state index in [-0.39, 0.29) is 11.7 Å². The molecule has 1 unspecified atom stereocenters. The fourth-order valence-corrected chi connectivity index (χ4v) is 3.12. The molecular weight excluding hydrogens is 296 g/mol. The Bertz CT molecular complexity index is 795. The molecule has 0 saturated heterocycles. The molecule has 0 aliphatic carbocycles. The third-order valence-corrected chi connectivity index (χ3v) is 4.56. The minimum Gasteiger partial charge on any atom is -0.351 e. The fourth-order valence-electron chi connectivity index (χ4n) is 3.12. The summed E-state index contributed by atoms with van der Waals surface area (Å²) < 4.78 is 2.12. The molecule has 0 spiro atoms. The highest BCUT2D eigenvalue weighted by molar-refractivity contribution is 6.07. The van der Waals surface area contributed by atoms with Crippen molar-refractivity contribution >= 4 is 11.5 Å². The first-order valence-corrected chi connectivity index (χ1v) is 8.20. The van der Waals surface area contributed by atoms with Crippen molar-refractivity contribution in [1.82, 2.24) is 4.57 Å². The van der Waals surface area contributed by atoms with E-state index >= 15 is 0 Å². The monoisotopic (exact) mass is 322 g/mol. The SMILES string of the molecule is CN=C(C)/C=C(/C)C(=O)C(c1ccccc1)c1c(C)cc(C)n1C. The third-order valence-electron chi connectivity index (χ3n) is 4.56. The van der Waals surface area contributed by atoms with E-state index in [1.807, 2.05) is 57.3 Å². The van der Waals surface area contributed by atoms with Crippen molar-refractivity contribution in [2.75, 3.05) is 7.05 Å². The zero-order chi connectivity index (χ0) is 17.9. The number of ketones is 1. The van der Waals surface area contributed by atoms with Crippen LogP contribution in [0.3, 0.4) is 0 Å². The number of hydrogen-bond acceptors (Lipinski definition) is 2. The highest BCUT2D eigenvalue weighted by Gasteiger charge is 2.28. The van der Waals surface area contributed by atoms with Crippen molar-refractivity contribution in [2.45, 2.75) is 33.6 Å². The van der Waals surface area contributed by atoms with E-state index in [2.05, 4.69) is 29.5 Å². The van der Waals surface area contributed by atoms with Crippen LogP contribution < -0.4 is 0 Å². The number of benzene rings is 1. The lowest BCUT2D eigenvalue weighted by atomic mass is 9.86. The van der Waals surface area contributed by atoms with Gasteiger partial charge in [-0.25, -0.2) is 0 Å². The van der Waals surface area contributed by atoms with E-state index in [1.165, 1.54) is 0 Å². The summed E-state index contributed by atoms with van der Waals surface area (Å²) in [6.45, 7) is 7.92. The molecule has 0 aliphatic heterocycles. The fraction of sp³-hybridized carbons (Fsp3) is 0.333. The summed E-state index contributed by atoms with van der Waals surface area (Å²) in [7, 11) is 3.77. The molecule has 3 heteroatoms. The highest BCUT2D eigenvalue weighted by Crippen LogP contribution is 2.31. The van der Waals surface area contributed by atoms with E-state index in [9.17, 15) is 4.79 Å². The average Bonchev–Trinajstić information content (AvgIpc) is 2.82. The van der Waals surface area contributed by atoms with Crippen LogP contribution in [0.4, 0.5) is 0 Å². The van der Waals surface area contributed by atoms with Crippen LogP contribution in [0.2, 0.25) is 0 Å². The maximum absolute atomic E-state index is 13.3. The summed E-state index contributed by atoms with van der Waals surface area (Å²) in [4.78, 5) is 17.4. The molecule has 126 valence electrons. The first-order valence-electron chi connectivity index (χ1n) is 8.20. The van der Waals surface area contributed by atoms with Crippen LogP contribution in [-0.4, -0.2) is 23.1 Å². The number of aromatic nitrogens is 1. The maximum Gasteiger partial charge on any atom is 0.172 e. The number of aryl methyl sites for hydroxylation is 2. The molecule has 0 aliphatic rings. The van der Waals surface area contributed by atoms with Gasteiger partial charge in [-0.05, 0) is 56.5 Å². The third kappa shape index (κ3) is 3.56. The summed E-state index contributed by atoms with van der Waals surface area (Å²) in [5, 5.41) is 0. The molecule has 1 aromatic heterocycles. The Morgan fingerprint density at radius 2 is 1.79 bits per heavy atom. The van der Waals surface area contributed by atoms with Gasteiger partial charge in [0.05, 0.1) is 5.92 Å². The summed E-state index contributed by atoms with van der Waals surface area (Å²) in [5.41, 5.74) is 5.96. The second-order valence-corrected chi connectivity index (χ2v) is 6.31. The van der Waals surface area contributed by atoms with E-state index in [1.54, 1.807) is 7.05 Å². The van der Waals surface area contributed by atoms with Gasteiger partial charge in [-0.3, -0.25) is 9.79 Å². The summed E-state index contributed by atoms with van der Waals surface area (Å²) in [5.74, 6) is -0.181. The lowest BCUT2D eigenvalue weighted by Gasteiger charge is -2.20. The largest absolute Gasteiger partial charge is 0.351 e. The van der Waals surface area contributed by atoms with Crippen LogP contribution in [0.5, 0.6) is 0 Å². The van der Waals surface area contributed by atoms with Crippen LogP contribution in [0, 0.1) is 13.8 Å². The molecule has 2 rings (SSSR count). The topological polar surface area (TPSA) is 34.4 Å². The number of aliphatic imine (C=N–C) groups is 1. The van der Waals surface area contributed by atoms with E-state index < -0.39 is 0 Å². The zero-order valence-electron chi connectivity index (χ0n) is 15.4. The number of carbonyl (C=O) groups is 1. The maximum atomic E-state index is 13.3. The number of nitrogens with zero attached hydrogens (tertiary/aromatic N) is 2. The van der Waals surface area contributed by atoms with Crippen molar-refractivity contribution in [1.29, 1.82) is 0 Å². The van der Waals surface area contributed by atoms with Gasteiger partial charge < -0.3 is 4.57 Å². The van der Waals surface area contributed by atoms with Crippen molar-refractivity contribution in [3.8, 4) is 0 Å². The second kappa shape index (κ2) is 7.43. The quantitative estimate of drug-likeness (QED) is 0.594. The smallest absolute Gasteiger partial charge is 0.172 e. The Morgan fingerprint density at radius 3 is 2.29 bits per heavy atom. The Balaban J connectivity index is 2.61. The highest BCUT2D eigenvalue weighted by atomic mass is 16.1. The number of carbonyl (C=O) groups excluding carboxylic acids is 1. The minimum absolute atomic E-state index is 0.119. The van der Waals surface area contributed by atoms with Gasteiger partial charge in [-0.1, -0.05) is 30.3 Å². The van der Waals surface area contributed by atoms with Crippen LogP contribution >= 0.6 is 0 Å². The van der Waals surface area contributed by atoms with Gasteiger partial charge in [0, 0.05) is 31.2 Å². The number of rotatable bonds is 5. The van der Waals surface area contributed by atoms with Crippen LogP contribution in [0.1, 0.15) is 42.3 Å². The molecule has 1 aromatic carbocycles. The Hall–Kier alpha value is -2.42. The van der Waals surface area contributed by atoms with Gasteiger partial charge >= 0.3 is 0 Å².